The quantitative estimate of drug-likeness (QED) is 0.245. The van der Waals surface area contributed by atoms with E-state index in [-0.39, 0.29) is 21.8 Å². The maximum atomic E-state index is 12.3. The molecule has 0 aliphatic heterocycles. The SMILES string of the molecule is CCCCCCC1(C(CCC)CCCC(=O)Cl)CCCCC1C(=O)Cl. The van der Waals surface area contributed by atoms with E-state index in [0.29, 0.717) is 12.3 Å². The third-order valence-corrected chi connectivity index (χ3v) is 6.68. The van der Waals surface area contributed by atoms with E-state index in [0.717, 1.165) is 51.4 Å². The number of unbranched alkanes of at least 4 members (excludes halogenated alkanes) is 3. The molecule has 0 radical (unpaired) electrons. The van der Waals surface area contributed by atoms with Crippen LogP contribution in [0.2, 0.25) is 0 Å². The minimum absolute atomic E-state index is 0.00667. The van der Waals surface area contributed by atoms with Gasteiger partial charge in [0.1, 0.15) is 0 Å². The van der Waals surface area contributed by atoms with Crippen molar-refractivity contribution in [1.82, 2.24) is 0 Å². The fraction of sp³-hybridized carbons (Fsp3) is 0.905. The Morgan fingerprint density at radius 1 is 1.00 bits per heavy atom. The molecule has 1 fully saturated rings. The summed E-state index contributed by atoms with van der Waals surface area (Å²) in [6.45, 7) is 4.44. The third-order valence-electron chi connectivity index (χ3n) is 6.22. The molecule has 1 aliphatic rings. The largest absolute Gasteiger partial charge is 0.281 e. The normalized spacial score (nSPS) is 24.9. The highest BCUT2D eigenvalue weighted by molar-refractivity contribution is 6.64. The van der Waals surface area contributed by atoms with Crippen LogP contribution in [0.5, 0.6) is 0 Å². The number of halogens is 2. The number of hydrogen-bond acceptors (Lipinski definition) is 2. The second-order valence-electron chi connectivity index (χ2n) is 7.88. The second kappa shape index (κ2) is 12.3. The van der Waals surface area contributed by atoms with Crippen molar-refractivity contribution in [3.63, 3.8) is 0 Å². The molecule has 0 aromatic rings. The predicted molar refractivity (Wildman–Crippen MR) is 107 cm³/mol. The highest BCUT2D eigenvalue weighted by Gasteiger charge is 2.47. The van der Waals surface area contributed by atoms with E-state index in [1.807, 2.05) is 0 Å². The Bertz CT molecular complexity index is 411. The van der Waals surface area contributed by atoms with Crippen LogP contribution in [0.15, 0.2) is 0 Å². The molecule has 0 amide bonds. The van der Waals surface area contributed by atoms with Crippen LogP contribution in [0.1, 0.15) is 104 Å². The molecule has 0 bridgehead atoms. The summed E-state index contributed by atoms with van der Waals surface area (Å²) in [4.78, 5) is 23.4. The second-order valence-corrected chi connectivity index (χ2v) is 8.67. The van der Waals surface area contributed by atoms with Crippen LogP contribution in [0, 0.1) is 17.3 Å². The number of carbonyl (C=O) groups is 2. The fourth-order valence-electron chi connectivity index (χ4n) is 5.03. The van der Waals surface area contributed by atoms with Gasteiger partial charge in [-0.15, -0.1) is 0 Å². The van der Waals surface area contributed by atoms with Crippen LogP contribution in [0.3, 0.4) is 0 Å². The molecule has 0 heterocycles. The molecule has 0 saturated heterocycles. The van der Waals surface area contributed by atoms with Gasteiger partial charge in [-0.05, 0) is 66.6 Å². The van der Waals surface area contributed by atoms with Crippen molar-refractivity contribution in [2.75, 3.05) is 0 Å². The Kier molecular flexibility index (Phi) is 11.3. The first-order valence-electron chi connectivity index (χ1n) is 10.4. The average molecular weight is 391 g/mol. The number of rotatable bonds is 13. The molecule has 0 aromatic heterocycles. The average Bonchev–Trinajstić information content (AvgIpc) is 2.58. The molecule has 0 N–H and O–H groups in total. The van der Waals surface area contributed by atoms with Crippen molar-refractivity contribution in [3.8, 4) is 0 Å². The Morgan fingerprint density at radius 3 is 2.36 bits per heavy atom. The fourth-order valence-corrected chi connectivity index (χ4v) is 5.49. The van der Waals surface area contributed by atoms with Gasteiger partial charge in [-0.1, -0.05) is 65.2 Å². The van der Waals surface area contributed by atoms with Crippen molar-refractivity contribution < 1.29 is 9.59 Å². The Labute approximate surface area is 164 Å². The van der Waals surface area contributed by atoms with Gasteiger partial charge in [-0.25, -0.2) is 0 Å². The van der Waals surface area contributed by atoms with Crippen molar-refractivity contribution >= 4 is 33.7 Å². The van der Waals surface area contributed by atoms with Gasteiger partial charge in [0, 0.05) is 12.3 Å². The van der Waals surface area contributed by atoms with Crippen LogP contribution in [-0.4, -0.2) is 10.5 Å². The minimum Gasteiger partial charge on any atom is -0.281 e. The highest BCUT2D eigenvalue weighted by atomic mass is 35.5. The predicted octanol–water partition coefficient (Wildman–Crippen LogP) is 7.25. The van der Waals surface area contributed by atoms with Crippen LogP contribution in [0.4, 0.5) is 0 Å². The van der Waals surface area contributed by atoms with Crippen LogP contribution < -0.4 is 0 Å². The summed E-state index contributed by atoms with van der Waals surface area (Å²) in [5.74, 6) is 0.468. The summed E-state index contributed by atoms with van der Waals surface area (Å²) in [6, 6.07) is 0. The molecule has 3 atom stereocenters. The molecule has 1 rings (SSSR count). The van der Waals surface area contributed by atoms with Gasteiger partial charge in [-0.3, -0.25) is 9.59 Å². The lowest BCUT2D eigenvalue weighted by Crippen LogP contribution is -2.43. The van der Waals surface area contributed by atoms with Crippen molar-refractivity contribution in [3.05, 3.63) is 0 Å². The Balaban J connectivity index is 2.97. The molecule has 3 unspecified atom stereocenters. The van der Waals surface area contributed by atoms with Gasteiger partial charge in [0.05, 0.1) is 0 Å². The third kappa shape index (κ3) is 7.21. The first kappa shape index (κ1) is 23.0. The van der Waals surface area contributed by atoms with E-state index >= 15 is 0 Å². The minimum atomic E-state index is -0.249. The van der Waals surface area contributed by atoms with E-state index < -0.39 is 0 Å². The molecule has 146 valence electrons. The summed E-state index contributed by atoms with van der Waals surface area (Å²) in [5, 5.41) is -0.384. The monoisotopic (exact) mass is 390 g/mol. The van der Waals surface area contributed by atoms with Gasteiger partial charge in [-0.2, -0.15) is 0 Å². The van der Waals surface area contributed by atoms with E-state index in [2.05, 4.69) is 13.8 Å². The molecule has 25 heavy (non-hydrogen) atoms. The van der Waals surface area contributed by atoms with Gasteiger partial charge in [0.25, 0.3) is 0 Å². The van der Waals surface area contributed by atoms with E-state index in [1.54, 1.807) is 0 Å². The van der Waals surface area contributed by atoms with E-state index in [9.17, 15) is 9.59 Å². The molecular formula is C21H36Cl2O2. The zero-order chi connectivity index (χ0) is 18.7. The number of hydrogen-bond donors (Lipinski definition) is 0. The molecule has 0 aromatic carbocycles. The van der Waals surface area contributed by atoms with Crippen LogP contribution in [-0.2, 0) is 9.59 Å². The summed E-state index contributed by atoms with van der Waals surface area (Å²) in [6.07, 6.45) is 14.8. The van der Waals surface area contributed by atoms with Crippen molar-refractivity contribution in [1.29, 1.82) is 0 Å². The smallest absolute Gasteiger partial charge is 0.225 e. The molecule has 4 heteroatoms. The maximum absolute atomic E-state index is 12.3. The molecule has 1 saturated carbocycles. The van der Waals surface area contributed by atoms with E-state index in [1.165, 1.54) is 32.1 Å². The van der Waals surface area contributed by atoms with Gasteiger partial charge < -0.3 is 0 Å². The van der Waals surface area contributed by atoms with Gasteiger partial charge >= 0.3 is 0 Å². The van der Waals surface area contributed by atoms with Crippen molar-refractivity contribution in [2.45, 2.75) is 104 Å². The van der Waals surface area contributed by atoms with Crippen LogP contribution >= 0.6 is 23.2 Å². The topological polar surface area (TPSA) is 34.1 Å². The lowest BCUT2D eigenvalue weighted by atomic mass is 9.56. The van der Waals surface area contributed by atoms with Crippen molar-refractivity contribution in [2.24, 2.45) is 17.3 Å². The lowest BCUT2D eigenvalue weighted by Gasteiger charge is -2.49. The first-order chi connectivity index (χ1) is 12.0. The molecule has 0 spiro atoms. The summed E-state index contributed by atoms with van der Waals surface area (Å²) in [7, 11) is 0. The summed E-state index contributed by atoms with van der Waals surface area (Å²) in [5.41, 5.74) is 0.0379. The zero-order valence-corrected chi connectivity index (χ0v) is 17.6. The zero-order valence-electron chi connectivity index (χ0n) is 16.1. The molecule has 2 nitrogen and oxygen atoms in total. The summed E-state index contributed by atoms with van der Waals surface area (Å²) >= 11 is 11.6. The number of carbonyl (C=O) groups excluding carboxylic acids is 2. The van der Waals surface area contributed by atoms with Gasteiger partial charge in [0.15, 0.2) is 0 Å². The lowest BCUT2D eigenvalue weighted by molar-refractivity contribution is -0.125. The highest BCUT2D eigenvalue weighted by Crippen LogP contribution is 2.54. The Hall–Kier alpha value is -0.0800. The van der Waals surface area contributed by atoms with Crippen LogP contribution in [0.25, 0.3) is 0 Å². The molecule has 1 aliphatic carbocycles. The van der Waals surface area contributed by atoms with Gasteiger partial charge in [0.2, 0.25) is 10.5 Å². The maximum Gasteiger partial charge on any atom is 0.225 e. The standard InChI is InChI=1S/C21H36Cl2O2/c1-3-5-6-8-15-21(16-9-7-13-18(21)20(23)25)17(11-4-2)12-10-14-19(22)24/h17-18H,3-16H2,1-2H3. The summed E-state index contributed by atoms with van der Waals surface area (Å²) < 4.78 is 0. The Morgan fingerprint density at radius 2 is 1.76 bits per heavy atom. The first-order valence-corrected chi connectivity index (χ1v) is 11.1. The molecular weight excluding hydrogens is 355 g/mol. The van der Waals surface area contributed by atoms with E-state index in [4.69, 9.17) is 23.2 Å².